The van der Waals surface area contributed by atoms with Gasteiger partial charge < -0.3 is 10.6 Å². The Bertz CT molecular complexity index is 556. The normalized spacial score (nSPS) is 10.4. The Hall–Kier alpha value is -1.41. The minimum Gasteiger partial charge on any atom is -0.334 e. The van der Waals surface area contributed by atoms with E-state index in [9.17, 15) is 9.18 Å². The molecule has 2 N–H and O–H groups in total. The Morgan fingerprint density at radius 2 is 2.37 bits per heavy atom. The summed E-state index contributed by atoms with van der Waals surface area (Å²) in [6.07, 6.45) is 3.32. The summed E-state index contributed by atoms with van der Waals surface area (Å²) in [6.45, 7) is 0.120. The number of amides is 2. The number of carbonyl (C=O) groups is 1. The predicted molar refractivity (Wildman–Crippen MR) is 76.1 cm³/mol. The number of nitrogens with one attached hydrogen (secondary N) is 2. The van der Waals surface area contributed by atoms with E-state index in [-0.39, 0.29) is 12.6 Å². The number of halogens is 2. The van der Waals surface area contributed by atoms with Crippen LogP contribution >= 0.6 is 27.3 Å². The average Bonchev–Trinajstić information content (AvgIpc) is 2.98. The molecule has 2 aromatic rings. The van der Waals surface area contributed by atoms with Crippen molar-refractivity contribution in [3.05, 3.63) is 33.2 Å². The van der Waals surface area contributed by atoms with Crippen LogP contribution in [0.5, 0.6) is 0 Å². The molecule has 0 atom stereocenters. The first-order chi connectivity index (χ1) is 9.19. The molecule has 0 saturated carbocycles. The van der Waals surface area contributed by atoms with Crippen molar-refractivity contribution < 1.29 is 9.18 Å². The van der Waals surface area contributed by atoms with Gasteiger partial charge in [-0.15, -0.1) is 11.3 Å². The van der Waals surface area contributed by atoms with Crippen molar-refractivity contribution in [1.29, 1.82) is 0 Å². The standard InChI is InChI=1S/C11H12BrFN4OS/c12-9-6-19-7-10(9)16-11(18)14-3-8-4-15-17(5-8)2-1-13/h4-7H,1-3H2,(H2,14,16,18). The van der Waals surface area contributed by atoms with E-state index in [0.29, 0.717) is 6.54 Å². The number of aryl methyl sites for hydroxylation is 1. The van der Waals surface area contributed by atoms with Crippen LogP contribution in [0.15, 0.2) is 27.6 Å². The van der Waals surface area contributed by atoms with Crippen LogP contribution in [0, 0.1) is 0 Å². The van der Waals surface area contributed by atoms with E-state index in [1.807, 2.05) is 10.8 Å². The number of aromatic nitrogens is 2. The Morgan fingerprint density at radius 3 is 3.05 bits per heavy atom. The molecule has 0 unspecified atom stereocenters. The zero-order valence-electron chi connectivity index (χ0n) is 9.90. The summed E-state index contributed by atoms with van der Waals surface area (Å²) in [6, 6.07) is -0.294. The fourth-order valence-electron chi connectivity index (χ4n) is 1.43. The van der Waals surface area contributed by atoms with E-state index in [1.165, 1.54) is 16.0 Å². The molecule has 102 valence electrons. The first-order valence-corrected chi connectivity index (χ1v) is 7.26. The molecule has 2 aromatic heterocycles. The second-order valence-electron chi connectivity index (χ2n) is 3.74. The summed E-state index contributed by atoms with van der Waals surface area (Å²) < 4.78 is 14.5. The molecule has 8 heteroatoms. The minimum absolute atomic E-state index is 0.230. The van der Waals surface area contributed by atoms with Crippen molar-refractivity contribution in [2.75, 3.05) is 12.0 Å². The Balaban J connectivity index is 1.81. The van der Waals surface area contributed by atoms with E-state index in [4.69, 9.17) is 0 Å². The van der Waals surface area contributed by atoms with Gasteiger partial charge in [-0.1, -0.05) is 0 Å². The third-order valence-corrected chi connectivity index (χ3v) is 4.02. The van der Waals surface area contributed by atoms with Gasteiger partial charge in [-0.25, -0.2) is 9.18 Å². The number of anilines is 1. The number of nitrogens with zero attached hydrogens (tertiary/aromatic N) is 2. The zero-order chi connectivity index (χ0) is 13.7. The van der Waals surface area contributed by atoms with Crippen molar-refractivity contribution >= 4 is 39.0 Å². The van der Waals surface area contributed by atoms with Gasteiger partial charge in [0.05, 0.1) is 22.9 Å². The lowest BCUT2D eigenvalue weighted by molar-refractivity contribution is 0.251. The molecule has 0 radical (unpaired) electrons. The largest absolute Gasteiger partial charge is 0.334 e. The third-order valence-electron chi connectivity index (χ3n) is 2.32. The highest BCUT2D eigenvalue weighted by atomic mass is 79.9. The molecular formula is C11H12BrFN4OS. The smallest absolute Gasteiger partial charge is 0.319 e. The summed E-state index contributed by atoms with van der Waals surface area (Å²) in [4.78, 5) is 11.6. The van der Waals surface area contributed by atoms with Crippen molar-refractivity contribution in [3.8, 4) is 0 Å². The van der Waals surface area contributed by atoms with Crippen molar-refractivity contribution in [2.24, 2.45) is 0 Å². The number of hydrogen-bond acceptors (Lipinski definition) is 3. The first-order valence-electron chi connectivity index (χ1n) is 5.53. The molecular weight excluding hydrogens is 335 g/mol. The van der Waals surface area contributed by atoms with Gasteiger partial charge in [-0.3, -0.25) is 4.68 Å². The maximum atomic E-state index is 12.1. The molecule has 2 heterocycles. The van der Waals surface area contributed by atoms with Gasteiger partial charge in [0.15, 0.2) is 0 Å². The lowest BCUT2D eigenvalue weighted by atomic mass is 10.3. The SMILES string of the molecule is O=C(NCc1cnn(CCF)c1)Nc1cscc1Br. The quantitative estimate of drug-likeness (QED) is 0.874. The van der Waals surface area contributed by atoms with E-state index < -0.39 is 6.67 Å². The Morgan fingerprint density at radius 1 is 1.53 bits per heavy atom. The van der Waals surface area contributed by atoms with Gasteiger partial charge >= 0.3 is 6.03 Å². The maximum Gasteiger partial charge on any atom is 0.319 e. The Labute approximate surface area is 121 Å². The van der Waals surface area contributed by atoms with Crippen LogP contribution in [0.25, 0.3) is 0 Å². The van der Waals surface area contributed by atoms with Gasteiger partial charge in [0.2, 0.25) is 0 Å². The van der Waals surface area contributed by atoms with Crippen LogP contribution in [-0.4, -0.2) is 22.5 Å². The van der Waals surface area contributed by atoms with Crippen LogP contribution in [0.4, 0.5) is 14.9 Å². The van der Waals surface area contributed by atoms with Crippen LogP contribution in [0.1, 0.15) is 5.56 Å². The fourth-order valence-corrected chi connectivity index (χ4v) is 2.75. The lowest BCUT2D eigenvalue weighted by Gasteiger charge is -2.05. The first kappa shape index (κ1) is 14.0. The molecule has 2 rings (SSSR count). The molecule has 19 heavy (non-hydrogen) atoms. The highest BCUT2D eigenvalue weighted by molar-refractivity contribution is 9.10. The molecule has 0 bridgehead atoms. The van der Waals surface area contributed by atoms with E-state index in [0.717, 1.165) is 15.7 Å². The highest BCUT2D eigenvalue weighted by Crippen LogP contribution is 2.26. The fraction of sp³-hybridized carbons (Fsp3) is 0.273. The second kappa shape index (κ2) is 6.67. The molecule has 0 saturated heterocycles. The molecule has 0 spiro atoms. The summed E-state index contributed by atoms with van der Waals surface area (Å²) in [7, 11) is 0. The monoisotopic (exact) mass is 346 g/mol. The number of alkyl halides is 1. The third kappa shape index (κ3) is 4.03. The molecule has 0 aliphatic heterocycles. The maximum absolute atomic E-state index is 12.1. The number of rotatable bonds is 5. The van der Waals surface area contributed by atoms with Crippen LogP contribution < -0.4 is 10.6 Å². The van der Waals surface area contributed by atoms with Gasteiger partial charge in [-0.05, 0) is 15.9 Å². The van der Waals surface area contributed by atoms with Crippen LogP contribution in [0.2, 0.25) is 0 Å². The minimum atomic E-state index is -0.457. The molecule has 5 nitrogen and oxygen atoms in total. The van der Waals surface area contributed by atoms with Crippen molar-refractivity contribution in [3.63, 3.8) is 0 Å². The lowest BCUT2D eigenvalue weighted by Crippen LogP contribution is -2.27. The molecule has 0 aliphatic carbocycles. The molecule has 0 fully saturated rings. The van der Waals surface area contributed by atoms with E-state index in [1.54, 1.807) is 12.4 Å². The molecule has 2 amide bonds. The van der Waals surface area contributed by atoms with Crippen molar-refractivity contribution in [1.82, 2.24) is 15.1 Å². The Kier molecular flexibility index (Phi) is 4.92. The van der Waals surface area contributed by atoms with Crippen LogP contribution in [0.3, 0.4) is 0 Å². The average molecular weight is 347 g/mol. The molecule has 0 aromatic carbocycles. The van der Waals surface area contributed by atoms with Gasteiger partial charge in [-0.2, -0.15) is 5.10 Å². The summed E-state index contributed by atoms with van der Waals surface area (Å²) in [5.74, 6) is 0. The second-order valence-corrected chi connectivity index (χ2v) is 5.34. The summed E-state index contributed by atoms with van der Waals surface area (Å²) >= 11 is 4.82. The number of thiophene rings is 1. The zero-order valence-corrected chi connectivity index (χ0v) is 12.3. The summed E-state index contributed by atoms with van der Waals surface area (Å²) in [5, 5.41) is 13.1. The number of hydrogen-bond donors (Lipinski definition) is 2. The van der Waals surface area contributed by atoms with E-state index >= 15 is 0 Å². The van der Waals surface area contributed by atoms with Crippen molar-refractivity contribution in [2.45, 2.75) is 13.1 Å². The predicted octanol–water partition coefficient (Wildman–Crippen LogP) is 3.00. The number of carbonyl (C=O) groups excluding carboxylic acids is 1. The topological polar surface area (TPSA) is 59.0 Å². The number of urea groups is 1. The van der Waals surface area contributed by atoms with Gasteiger partial charge in [0, 0.05) is 29.1 Å². The molecule has 0 aliphatic rings. The highest BCUT2D eigenvalue weighted by Gasteiger charge is 2.06. The van der Waals surface area contributed by atoms with Gasteiger partial charge in [0.25, 0.3) is 0 Å². The van der Waals surface area contributed by atoms with Gasteiger partial charge in [0.1, 0.15) is 6.67 Å². The van der Waals surface area contributed by atoms with E-state index in [2.05, 4.69) is 31.7 Å². The summed E-state index contributed by atoms with van der Waals surface area (Å²) in [5.41, 5.74) is 1.56. The van der Waals surface area contributed by atoms with Crippen LogP contribution in [-0.2, 0) is 13.1 Å².